The molecule has 1 unspecified atom stereocenters. The zero-order valence-electron chi connectivity index (χ0n) is 12.0. The van der Waals surface area contributed by atoms with Crippen LogP contribution < -0.4 is 10.1 Å². The minimum absolute atomic E-state index is 0.00696. The number of esters is 1. The number of nitrogens with zero attached hydrogens (tertiary/aromatic N) is 1. The molecule has 1 atom stereocenters. The summed E-state index contributed by atoms with van der Waals surface area (Å²) in [4.78, 5) is 22.0. The van der Waals surface area contributed by atoms with Crippen LogP contribution in [0.5, 0.6) is 5.75 Å². The van der Waals surface area contributed by atoms with E-state index in [0.29, 0.717) is 0 Å². The molecule has 1 N–H and O–H groups in total. The van der Waals surface area contributed by atoms with Crippen LogP contribution in [0.25, 0.3) is 0 Å². The normalized spacial score (nSPS) is 13.3. The zero-order valence-corrected chi connectivity index (χ0v) is 12.8. The van der Waals surface area contributed by atoms with E-state index < -0.39 is 16.4 Å². The van der Waals surface area contributed by atoms with E-state index >= 15 is 0 Å². The molecular weight excluding hydrogens is 300 g/mol. The average molecular weight is 317 g/mol. The maximum absolute atomic E-state index is 11.7. The molecule has 1 aromatic carbocycles. The van der Waals surface area contributed by atoms with E-state index in [1.54, 1.807) is 14.0 Å². The van der Waals surface area contributed by atoms with E-state index in [2.05, 4.69) is 5.32 Å². The molecule has 0 heterocycles. The third-order valence-electron chi connectivity index (χ3n) is 3.18. The second-order valence-corrected chi connectivity index (χ2v) is 4.92. The number of hydrogen-bond donors (Lipinski definition) is 1. The first-order chi connectivity index (χ1) is 9.85. The van der Waals surface area contributed by atoms with Gasteiger partial charge >= 0.3 is 11.7 Å². The number of para-hydroxylation sites is 1. The van der Waals surface area contributed by atoms with E-state index in [0.717, 1.165) is 0 Å². The van der Waals surface area contributed by atoms with Crippen molar-refractivity contribution in [1.82, 2.24) is 5.32 Å². The van der Waals surface area contributed by atoms with Crippen molar-refractivity contribution in [2.45, 2.75) is 18.9 Å². The highest BCUT2D eigenvalue weighted by Gasteiger charge is 2.32. The van der Waals surface area contributed by atoms with Crippen molar-refractivity contribution >= 4 is 23.3 Å². The summed E-state index contributed by atoms with van der Waals surface area (Å²) in [6.07, 6.45) is 0.262. The molecule has 0 aliphatic rings. The van der Waals surface area contributed by atoms with E-state index in [-0.39, 0.29) is 29.5 Å². The molecule has 0 amide bonds. The fourth-order valence-corrected chi connectivity index (χ4v) is 1.92. The first-order valence-corrected chi connectivity index (χ1v) is 6.56. The lowest BCUT2D eigenvalue weighted by Gasteiger charge is -2.25. The summed E-state index contributed by atoms with van der Waals surface area (Å²) >= 11 is 5.91. The molecule has 0 aliphatic heterocycles. The Hall–Kier alpha value is -1.86. The Balaban J connectivity index is 2.81. The highest BCUT2D eigenvalue weighted by atomic mass is 35.5. The molecule has 0 saturated carbocycles. The third kappa shape index (κ3) is 4.05. The summed E-state index contributed by atoms with van der Waals surface area (Å²) in [6.45, 7) is 1.72. The Morgan fingerprint density at radius 2 is 2.19 bits per heavy atom. The minimum atomic E-state index is -0.940. The van der Waals surface area contributed by atoms with Crippen LogP contribution in [0, 0.1) is 10.1 Å². The van der Waals surface area contributed by atoms with Gasteiger partial charge in [-0.15, -0.1) is 0 Å². The quantitative estimate of drug-likeness (QED) is 0.471. The van der Waals surface area contributed by atoms with Gasteiger partial charge in [0, 0.05) is 12.5 Å². The van der Waals surface area contributed by atoms with Crippen molar-refractivity contribution in [1.29, 1.82) is 0 Å². The van der Waals surface area contributed by atoms with Gasteiger partial charge in [-0.3, -0.25) is 14.9 Å². The van der Waals surface area contributed by atoms with Crippen molar-refractivity contribution in [2.75, 3.05) is 20.8 Å². The summed E-state index contributed by atoms with van der Waals surface area (Å²) < 4.78 is 10.1. The van der Waals surface area contributed by atoms with Gasteiger partial charge in [0.25, 0.3) is 0 Å². The topological polar surface area (TPSA) is 90.7 Å². The molecule has 8 heteroatoms. The fourth-order valence-electron chi connectivity index (χ4n) is 1.70. The summed E-state index contributed by atoms with van der Waals surface area (Å²) in [5, 5.41) is 13.9. The Kier molecular flexibility index (Phi) is 5.92. The van der Waals surface area contributed by atoms with Crippen molar-refractivity contribution in [3.05, 3.63) is 33.3 Å². The summed E-state index contributed by atoms with van der Waals surface area (Å²) in [7, 11) is 2.91. The number of nitrogens with one attached hydrogen (secondary N) is 1. The first kappa shape index (κ1) is 17.2. The highest BCUT2D eigenvalue weighted by molar-refractivity contribution is 6.32. The van der Waals surface area contributed by atoms with Gasteiger partial charge in [0.1, 0.15) is 5.54 Å². The van der Waals surface area contributed by atoms with Crippen molar-refractivity contribution < 1.29 is 19.2 Å². The van der Waals surface area contributed by atoms with Gasteiger partial charge in [0.05, 0.1) is 23.7 Å². The number of carbonyl (C=O) groups is 1. The van der Waals surface area contributed by atoms with Crippen molar-refractivity contribution in [2.24, 2.45) is 0 Å². The molecule has 0 spiro atoms. The fraction of sp³-hybridized carbons (Fsp3) is 0.462. The van der Waals surface area contributed by atoms with Crippen LogP contribution in [0.2, 0.25) is 5.02 Å². The minimum Gasteiger partial charge on any atom is -0.486 e. The molecule has 0 fully saturated rings. The van der Waals surface area contributed by atoms with Crippen LogP contribution in [-0.4, -0.2) is 37.2 Å². The van der Waals surface area contributed by atoms with E-state index in [9.17, 15) is 14.9 Å². The third-order valence-corrected chi connectivity index (χ3v) is 3.48. The number of benzene rings is 1. The molecular formula is C13H17ClN2O5. The highest BCUT2D eigenvalue weighted by Crippen LogP contribution is 2.34. The Morgan fingerprint density at radius 3 is 2.71 bits per heavy atom. The van der Waals surface area contributed by atoms with E-state index in [1.807, 2.05) is 0 Å². The van der Waals surface area contributed by atoms with Crippen molar-refractivity contribution in [3.63, 3.8) is 0 Å². The van der Waals surface area contributed by atoms with Gasteiger partial charge < -0.3 is 14.8 Å². The monoisotopic (exact) mass is 316 g/mol. The van der Waals surface area contributed by atoms with Gasteiger partial charge in [-0.1, -0.05) is 17.7 Å². The predicted molar refractivity (Wildman–Crippen MR) is 77.7 cm³/mol. The number of nitro benzene ring substituents is 1. The van der Waals surface area contributed by atoms with E-state index in [4.69, 9.17) is 21.1 Å². The summed E-state index contributed by atoms with van der Waals surface area (Å²) in [5.74, 6) is -0.449. The smallest absolute Gasteiger partial charge is 0.325 e. The van der Waals surface area contributed by atoms with Crippen LogP contribution in [-0.2, 0) is 9.53 Å². The zero-order chi connectivity index (χ0) is 16.0. The van der Waals surface area contributed by atoms with Gasteiger partial charge in [-0.25, -0.2) is 0 Å². The number of rotatable bonds is 7. The summed E-state index contributed by atoms with van der Waals surface area (Å²) in [5.41, 5.74) is -1.16. The van der Waals surface area contributed by atoms with Gasteiger partial charge in [-0.05, 0) is 20.0 Å². The Morgan fingerprint density at radius 1 is 1.52 bits per heavy atom. The lowest BCUT2D eigenvalue weighted by atomic mass is 9.99. The lowest BCUT2D eigenvalue weighted by Crippen LogP contribution is -2.49. The number of hydrogen-bond acceptors (Lipinski definition) is 6. The van der Waals surface area contributed by atoms with Crippen LogP contribution in [0.3, 0.4) is 0 Å². The average Bonchev–Trinajstić information content (AvgIpc) is 2.47. The first-order valence-electron chi connectivity index (χ1n) is 6.18. The van der Waals surface area contributed by atoms with Crippen LogP contribution >= 0.6 is 11.6 Å². The molecule has 1 rings (SSSR count). The Labute approximate surface area is 127 Å². The SMILES string of the molecule is CNC(C)(CCOc1c(Cl)cccc1[N+](=O)[O-])C(=O)OC. The second kappa shape index (κ2) is 7.24. The van der Waals surface area contributed by atoms with E-state index in [1.165, 1.54) is 25.3 Å². The number of methoxy groups -OCH3 is 1. The molecule has 0 radical (unpaired) electrons. The van der Waals surface area contributed by atoms with Crippen molar-refractivity contribution in [3.8, 4) is 5.75 Å². The largest absolute Gasteiger partial charge is 0.486 e. The standard InChI is InChI=1S/C13H17ClN2O5/c1-13(15-2,12(17)20-3)7-8-21-11-9(14)5-4-6-10(11)16(18)19/h4-6,15H,7-8H2,1-3H3. The molecule has 7 nitrogen and oxygen atoms in total. The molecule has 116 valence electrons. The van der Waals surface area contributed by atoms with Gasteiger partial charge in [0.15, 0.2) is 0 Å². The van der Waals surface area contributed by atoms with Gasteiger partial charge in [0.2, 0.25) is 5.75 Å². The number of carbonyl (C=O) groups excluding carboxylic acids is 1. The molecule has 1 aromatic rings. The molecule has 0 aliphatic carbocycles. The maximum Gasteiger partial charge on any atom is 0.325 e. The molecule has 21 heavy (non-hydrogen) atoms. The number of halogens is 1. The number of likely N-dealkylation sites (N-methyl/N-ethyl adjacent to an activating group) is 1. The predicted octanol–water partition coefficient (Wildman–Crippen LogP) is 2.17. The molecule has 0 saturated heterocycles. The molecule has 0 aromatic heterocycles. The van der Waals surface area contributed by atoms with Gasteiger partial charge in [-0.2, -0.15) is 0 Å². The number of nitro groups is 1. The van der Waals surface area contributed by atoms with Crippen LogP contribution in [0.15, 0.2) is 18.2 Å². The summed E-state index contributed by atoms with van der Waals surface area (Å²) in [6, 6.07) is 4.28. The second-order valence-electron chi connectivity index (χ2n) is 4.52. The van der Waals surface area contributed by atoms with Crippen LogP contribution in [0.4, 0.5) is 5.69 Å². The van der Waals surface area contributed by atoms with Crippen LogP contribution in [0.1, 0.15) is 13.3 Å². The Bertz CT molecular complexity index is 537. The molecule has 0 bridgehead atoms. The maximum atomic E-state index is 11.7. The lowest BCUT2D eigenvalue weighted by molar-refractivity contribution is -0.385. The number of ether oxygens (including phenoxy) is 2.